The SMILES string of the molecule is CC(c1cc(F)cc(Br)c1)n1ccc(-c2ccc3[nH]nc(C4CCOCC4)c3c2)cc1=O. The van der Waals surface area contributed by atoms with E-state index in [0.717, 1.165) is 59.3 Å². The van der Waals surface area contributed by atoms with Crippen LogP contribution in [0.2, 0.25) is 0 Å². The van der Waals surface area contributed by atoms with Crippen LogP contribution in [-0.2, 0) is 4.74 Å². The number of rotatable bonds is 4. The lowest BCUT2D eigenvalue weighted by atomic mass is 9.93. The van der Waals surface area contributed by atoms with Gasteiger partial charge in [-0.15, -0.1) is 0 Å². The number of fused-ring (bicyclic) bond motifs is 1. The number of H-pyrrole nitrogens is 1. The van der Waals surface area contributed by atoms with Crippen LogP contribution in [0, 0.1) is 5.82 Å². The summed E-state index contributed by atoms with van der Waals surface area (Å²) < 4.78 is 21.6. The van der Waals surface area contributed by atoms with Gasteiger partial charge in [0.05, 0.1) is 17.3 Å². The molecule has 0 saturated carbocycles. The molecule has 2 aromatic heterocycles. The highest BCUT2D eigenvalue weighted by molar-refractivity contribution is 9.10. The number of aromatic nitrogens is 3. The Hall–Kier alpha value is -2.77. The van der Waals surface area contributed by atoms with Gasteiger partial charge in [-0.3, -0.25) is 9.89 Å². The first-order valence-electron chi connectivity index (χ1n) is 10.7. The Morgan fingerprint density at radius 1 is 1.12 bits per heavy atom. The third-order valence-electron chi connectivity index (χ3n) is 6.27. The fourth-order valence-corrected chi connectivity index (χ4v) is 4.95. The monoisotopic (exact) mass is 495 g/mol. The molecule has 0 radical (unpaired) electrons. The molecule has 164 valence electrons. The zero-order valence-corrected chi connectivity index (χ0v) is 19.2. The standard InChI is InChI=1S/C25H23BrFN3O2/c1-15(19-10-20(26)14-21(27)11-19)30-7-4-18(13-24(30)31)17-2-3-23-22(12-17)25(29-28-23)16-5-8-32-9-6-16/h2-4,7,10-16H,5-6,8-9H2,1H3,(H,28,29). The number of ether oxygens (including phenoxy) is 1. The Labute approximate surface area is 193 Å². The van der Waals surface area contributed by atoms with Crippen LogP contribution in [0.15, 0.2) is 64.0 Å². The molecule has 0 aliphatic carbocycles. The van der Waals surface area contributed by atoms with Crippen molar-refractivity contribution < 1.29 is 9.13 Å². The van der Waals surface area contributed by atoms with Crippen LogP contribution in [0.1, 0.15) is 43.0 Å². The molecule has 32 heavy (non-hydrogen) atoms. The van der Waals surface area contributed by atoms with E-state index in [0.29, 0.717) is 10.4 Å². The fraction of sp³-hybridized carbons (Fsp3) is 0.280. The van der Waals surface area contributed by atoms with Crippen LogP contribution in [0.3, 0.4) is 0 Å². The summed E-state index contributed by atoms with van der Waals surface area (Å²) in [6.45, 7) is 3.41. The zero-order valence-electron chi connectivity index (χ0n) is 17.6. The predicted molar refractivity (Wildman–Crippen MR) is 126 cm³/mol. The zero-order chi connectivity index (χ0) is 22.2. The van der Waals surface area contributed by atoms with Gasteiger partial charge in [0.15, 0.2) is 0 Å². The van der Waals surface area contributed by atoms with Crippen LogP contribution in [-0.4, -0.2) is 28.0 Å². The van der Waals surface area contributed by atoms with E-state index in [1.807, 2.05) is 31.2 Å². The lowest BCUT2D eigenvalue weighted by molar-refractivity contribution is 0.0847. The molecule has 0 amide bonds. The summed E-state index contributed by atoms with van der Waals surface area (Å²) >= 11 is 3.32. The molecule has 5 rings (SSSR count). The number of hydrogen-bond donors (Lipinski definition) is 1. The highest BCUT2D eigenvalue weighted by Crippen LogP contribution is 2.33. The van der Waals surface area contributed by atoms with E-state index in [1.54, 1.807) is 16.8 Å². The number of aromatic amines is 1. The predicted octanol–water partition coefficient (Wildman–Crippen LogP) is 5.80. The summed E-state index contributed by atoms with van der Waals surface area (Å²) in [7, 11) is 0. The molecule has 0 bridgehead atoms. The quantitative estimate of drug-likeness (QED) is 0.389. The van der Waals surface area contributed by atoms with E-state index in [9.17, 15) is 9.18 Å². The van der Waals surface area contributed by atoms with E-state index in [1.165, 1.54) is 12.1 Å². The van der Waals surface area contributed by atoms with E-state index in [4.69, 9.17) is 4.74 Å². The first-order valence-corrected chi connectivity index (χ1v) is 11.5. The molecule has 4 aromatic rings. The number of hydrogen-bond acceptors (Lipinski definition) is 3. The first kappa shape index (κ1) is 21.1. The molecular formula is C25H23BrFN3O2. The van der Waals surface area contributed by atoms with E-state index in [-0.39, 0.29) is 17.4 Å². The highest BCUT2D eigenvalue weighted by Gasteiger charge is 2.21. The number of halogens is 2. The average molecular weight is 496 g/mol. The van der Waals surface area contributed by atoms with Gasteiger partial charge in [-0.25, -0.2) is 4.39 Å². The third-order valence-corrected chi connectivity index (χ3v) is 6.72. The van der Waals surface area contributed by atoms with Gasteiger partial charge in [0.1, 0.15) is 5.82 Å². The van der Waals surface area contributed by atoms with Crippen LogP contribution in [0.5, 0.6) is 0 Å². The van der Waals surface area contributed by atoms with E-state index < -0.39 is 0 Å². The normalized spacial score (nSPS) is 15.8. The number of nitrogens with zero attached hydrogens (tertiary/aromatic N) is 2. The minimum absolute atomic E-state index is 0.132. The second kappa shape index (κ2) is 8.64. The molecule has 1 saturated heterocycles. The van der Waals surface area contributed by atoms with Crippen molar-refractivity contribution in [3.63, 3.8) is 0 Å². The summed E-state index contributed by atoms with van der Waals surface area (Å²) in [4.78, 5) is 13.0. The Balaban J connectivity index is 1.49. The third kappa shape index (κ3) is 4.02. The maximum Gasteiger partial charge on any atom is 0.251 e. The first-order chi connectivity index (χ1) is 15.5. The largest absolute Gasteiger partial charge is 0.381 e. The number of nitrogens with one attached hydrogen (secondary N) is 1. The summed E-state index contributed by atoms with van der Waals surface area (Å²) in [5.74, 6) is 0.0480. The van der Waals surface area contributed by atoms with E-state index >= 15 is 0 Å². The molecule has 1 unspecified atom stereocenters. The van der Waals surface area contributed by atoms with Gasteiger partial charge in [0, 0.05) is 41.3 Å². The van der Waals surface area contributed by atoms with Crippen LogP contribution < -0.4 is 5.56 Å². The summed E-state index contributed by atoms with van der Waals surface area (Å²) in [6, 6.07) is 14.1. The average Bonchev–Trinajstić information content (AvgIpc) is 3.22. The van der Waals surface area contributed by atoms with Crippen molar-refractivity contribution in [1.29, 1.82) is 0 Å². The Morgan fingerprint density at radius 2 is 1.91 bits per heavy atom. The molecular weight excluding hydrogens is 473 g/mol. The molecule has 1 fully saturated rings. The lowest BCUT2D eigenvalue weighted by Gasteiger charge is -2.20. The van der Waals surface area contributed by atoms with E-state index in [2.05, 4.69) is 32.2 Å². The molecule has 5 nitrogen and oxygen atoms in total. The van der Waals surface area contributed by atoms with Gasteiger partial charge in [-0.05, 0) is 72.9 Å². The number of benzene rings is 2. The van der Waals surface area contributed by atoms with Gasteiger partial charge < -0.3 is 9.30 Å². The maximum atomic E-state index is 13.8. The maximum absolute atomic E-state index is 13.8. The molecule has 3 heterocycles. The van der Waals surface area contributed by atoms with Crippen molar-refractivity contribution in [2.45, 2.75) is 31.7 Å². The topological polar surface area (TPSA) is 59.9 Å². The molecule has 0 spiro atoms. The molecule has 1 atom stereocenters. The van der Waals surface area contributed by atoms with Gasteiger partial charge in [0.2, 0.25) is 0 Å². The van der Waals surface area contributed by atoms with Crippen molar-refractivity contribution in [1.82, 2.24) is 14.8 Å². The fourth-order valence-electron chi connectivity index (χ4n) is 4.46. The molecule has 7 heteroatoms. The second-order valence-corrected chi connectivity index (χ2v) is 9.21. The Morgan fingerprint density at radius 3 is 2.66 bits per heavy atom. The summed E-state index contributed by atoms with van der Waals surface area (Å²) in [5, 5.41) is 8.81. The summed E-state index contributed by atoms with van der Waals surface area (Å²) in [6.07, 6.45) is 3.71. The van der Waals surface area contributed by atoms with Crippen molar-refractivity contribution in [3.8, 4) is 11.1 Å². The van der Waals surface area contributed by atoms with Crippen molar-refractivity contribution in [2.24, 2.45) is 0 Å². The number of pyridine rings is 1. The smallest absolute Gasteiger partial charge is 0.251 e. The molecule has 1 N–H and O–H groups in total. The van der Waals surface area contributed by atoms with Crippen molar-refractivity contribution >= 4 is 26.8 Å². The van der Waals surface area contributed by atoms with Gasteiger partial charge >= 0.3 is 0 Å². The van der Waals surface area contributed by atoms with Crippen LogP contribution >= 0.6 is 15.9 Å². The Bertz CT molecular complexity index is 1320. The van der Waals surface area contributed by atoms with Gasteiger partial charge in [0.25, 0.3) is 5.56 Å². The van der Waals surface area contributed by atoms with Crippen LogP contribution in [0.4, 0.5) is 4.39 Å². The highest BCUT2D eigenvalue weighted by atomic mass is 79.9. The summed E-state index contributed by atoms with van der Waals surface area (Å²) in [5.41, 5.74) is 4.48. The molecule has 2 aromatic carbocycles. The van der Waals surface area contributed by atoms with Crippen LogP contribution in [0.25, 0.3) is 22.0 Å². The molecule has 1 aliphatic rings. The van der Waals surface area contributed by atoms with Gasteiger partial charge in [-0.1, -0.05) is 22.0 Å². The lowest BCUT2D eigenvalue weighted by Crippen LogP contribution is -2.22. The second-order valence-electron chi connectivity index (χ2n) is 8.30. The van der Waals surface area contributed by atoms with Gasteiger partial charge in [-0.2, -0.15) is 5.10 Å². The van der Waals surface area contributed by atoms with Crippen molar-refractivity contribution in [3.05, 3.63) is 86.6 Å². The minimum Gasteiger partial charge on any atom is -0.381 e. The molecule has 1 aliphatic heterocycles. The minimum atomic E-state index is -0.334. The Kier molecular flexibility index (Phi) is 5.69. The van der Waals surface area contributed by atoms with Crippen molar-refractivity contribution in [2.75, 3.05) is 13.2 Å².